The number of rotatable bonds is 8. The number of aryl methyl sites for hydroxylation is 1. The minimum atomic E-state index is -0.868. The Bertz CT molecular complexity index is 1080. The zero-order valence-corrected chi connectivity index (χ0v) is 18.4. The summed E-state index contributed by atoms with van der Waals surface area (Å²) in [5, 5.41) is 9.55. The highest BCUT2D eigenvalue weighted by Gasteiger charge is 2.26. The number of nitrogens with zero attached hydrogens (tertiary/aromatic N) is 2. The molecular weight excluding hydrogens is 432 g/mol. The Labute approximate surface area is 190 Å². The van der Waals surface area contributed by atoms with E-state index >= 15 is 0 Å². The van der Waals surface area contributed by atoms with E-state index in [1.807, 2.05) is 30.3 Å². The van der Waals surface area contributed by atoms with Crippen LogP contribution in [0.5, 0.6) is 0 Å². The van der Waals surface area contributed by atoms with Gasteiger partial charge in [-0.15, -0.1) is 0 Å². The van der Waals surface area contributed by atoms with Crippen LogP contribution in [0.4, 0.5) is 5.82 Å². The number of anilines is 1. The van der Waals surface area contributed by atoms with Crippen molar-refractivity contribution in [3.8, 4) is 0 Å². The minimum Gasteiger partial charge on any atom is -0.360 e. The standard InChI is InChI=1S/C23H23ClN4O4/c1-15-12-20(27-32-15)26-21(29)14-28(2)23(31)19(13-16-6-4-3-5-7-16)25-22(30)17-8-10-18(24)11-9-17/h3-12,19H,13-14H2,1-2H3,(H,25,30)(H,26,27,29). The van der Waals surface area contributed by atoms with Gasteiger partial charge in [0.25, 0.3) is 5.91 Å². The van der Waals surface area contributed by atoms with E-state index in [-0.39, 0.29) is 18.8 Å². The molecule has 9 heteroatoms. The average molecular weight is 455 g/mol. The van der Waals surface area contributed by atoms with Gasteiger partial charge in [0, 0.05) is 30.1 Å². The molecule has 0 radical (unpaired) electrons. The minimum absolute atomic E-state index is 0.215. The average Bonchev–Trinajstić information content (AvgIpc) is 3.18. The van der Waals surface area contributed by atoms with Crippen LogP contribution in [0.15, 0.2) is 65.2 Å². The first-order chi connectivity index (χ1) is 15.3. The lowest BCUT2D eigenvalue weighted by atomic mass is 10.0. The van der Waals surface area contributed by atoms with Crippen molar-refractivity contribution in [3.05, 3.63) is 82.6 Å². The summed E-state index contributed by atoms with van der Waals surface area (Å²) in [7, 11) is 1.50. The largest absolute Gasteiger partial charge is 0.360 e. The molecule has 0 aliphatic heterocycles. The zero-order valence-electron chi connectivity index (χ0n) is 17.7. The van der Waals surface area contributed by atoms with Crippen LogP contribution < -0.4 is 10.6 Å². The molecule has 1 heterocycles. The molecule has 0 aliphatic carbocycles. The van der Waals surface area contributed by atoms with Crippen LogP contribution in [-0.4, -0.2) is 47.4 Å². The van der Waals surface area contributed by atoms with Crippen LogP contribution in [0.25, 0.3) is 0 Å². The fraction of sp³-hybridized carbons (Fsp3) is 0.217. The number of likely N-dealkylation sites (N-methyl/N-ethyl adjacent to an activating group) is 1. The highest BCUT2D eigenvalue weighted by atomic mass is 35.5. The highest BCUT2D eigenvalue weighted by Crippen LogP contribution is 2.12. The van der Waals surface area contributed by atoms with E-state index in [9.17, 15) is 14.4 Å². The number of benzene rings is 2. The molecule has 2 aromatic carbocycles. The predicted molar refractivity (Wildman–Crippen MR) is 120 cm³/mol. The van der Waals surface area contributed by atoms with Crippen LogP contribution in [0.3, 0.4) is 0 Å². The second-order valence-corrected chi connectivity index (χ2v) is 7.72. The molecule has 0 saturated heterocycles. The van der Waals surface area contributed by atoms with E-state index in [2.05, 4.69) is 15.8 Å². The summed E-state index contributed by atoms with van der Waals surface area (Å²) in [5.41, 5.74) is 1.25. The lowest BCUT2D eigenvalue weighted by molar-refractivity contribution is -0.135. The molecule has 1 atom stereocenters. The smallest absolute Gasteiger partial charge is 0.251 e. The van der Waals surface area contributed by atoms with Crippen molar-refractivity contribution in [1.82, 2.24) is 15.4 Å². The van der Waals surface area contributed by atoms with Crippen molar-refractivity contribution >= 4 is 35.1 Å². The number of halogens is 1. The Kier molecular flexibility index (Phi) is 7.62. The van der Waals surface area contributed by atoms with Crippen molar-refractivity contribution in [2.75, 3.05) is 18.9 Å². The third kappa shape index (κ3) is 6.42. The van der Waals surface area contributed by atoms with E-state index < -0.39 is 23.8 Å². The topological polar surface area (TPSA) is 105 Å². The van der Waals surface area contributed by atoms with Crippen LogP contribution in [0, 0.1) is 6.92 Å². The zero-order chi connectivity index (χ0) is 23.1. The molecule has 0 saturated carbocycles. The van der Waals surface area contributed by atoms with Gasteiger partial charge < -0.3 is 20.1 Å². The Hall–Kier alpha value is -3.65. The van der Waals surface area contributed by atoms with Gasteiger partial charge in [0.15, 0.2) is 5.82 Å². The lowest BCUT2D eigenvalue weighted by Gasteiger charge is -2.24. The van der Waals surface area contributed by atoms with E-state index in [0.29, 0.717) is 16.3 Å². The van der Waals surface area contributed by atoms with Gasteiger partial charge in [0.2, 0.25) is 11.8 Å². The van der Waals surface area contributed by atoms with Crippen LogP contribution in [0.2, 0.25) is 5.02 Å². The van der Waals surface area contributed by atoms with Gasteiger partial charge in [-0.05, 0) is 36.8 Å². The molecule has 0 spiro atoms. The van der Waals surface area contributed by atoms with Crippen LogP contribution >= 0.6 is 11.6 Å². The Morgan fingerprint density at radius 3 is 2.41 bits per heavy atom. The SMILES string of the molecule is Cc1cc(NC(=O)CN(C)C(=O)C(Cc2ccccc2)NC(=O)c2ccc(Cl)cc2)no1. The Balaban J connectivity index is 1.70. The maximum Gasteiger partial charge on any atom is 0.251 e. The van der Waals surface area contributed by atoms with Crippen molar-refractivity contribution < 1.29 is 18.9 Å². The van der Waals surface area contributed by atoms with Gasteiger partial charge in [-0.2, -0.15) is 0 Å². The predicted octanol–water partition coefficient (Wildman–Crippen LogP) is 3.07. The van der Waals surface area contributed by atoms with Crippen molar-refractivity contribution in [2.24, 2.45) is 0 Å². The summed E-state index contributed by atoms with van der Waals surface area (Å²) in [5.74, 6) is -0.422. The summed E-state index contributed by atoms with van der Waals surface area (Å²) in [6.45, 7) is 1.49. The Morgan fingerprint density at radius 2 is 1.78 bits per heavy atom. The quantitative estimate of drug-likeness (QED) is 0.544. The van der Waals surface area contributed by atoms with Crippen LogP contribution in [-0.2, 0) is 16.0 Å². The maximum atomic E-state index is 13.1. The van der Waals surface area contributed by atoms with E-state index in [0.717, 1.165) is 5.56 Å². The first kappa shape index (κ1) is 23.0. The number of carbonyl (C=O) groups is 3. The number of carbonyl (C=O) groups excluding carboxylic acids is 3. The maximum absolute atomic E-state index is 13.1. The van der Waals surface area contributed by atoms with Crippen molar-refractivity contribution in [1.29, 1.82) is 0 Å². The molecule has 3 rings (SSSR count). The fourth-order valence-corrected chi connectivity index (χ4v) is 3.19. The first-order valence-electron chi connectivity index (χ1n) is 9.90. The van der Waals surface area contributed by atoms with E-state index in [4.69, 9.17) is 16.1 Å². The third-order valence-electron chi connectivity index (χ3n) is 4.64. The van der Waals surface area contributed by atoms with E-state index in [1.54, 1.807) is 37.3 Å². The van der Waals surface area contributed by atoms with Crippen molar-refractivity contribution in [2.45, 2.75) is 19.4 Å². The fourth-order valence-electron chi connectivity index (χ4n) is 3.06. The molecule has 0 aliphatic rings. The van der Waals surface area contributed by atoms with Gasteiger partial charge >= 0.3 is 0 Å². The van der Waals surface area contributed by atoms with Gasteiger partial charge in [-0.1, -0.05) is 47.1 Å². The van der Waals surface area contributed by atoms with Crippen LogP contribution in [0.1, 0.15) is 21.7 Å². The molecule has 8 nitrogen and oxygen atoms in total. The number of nitrogens with one attached hydrogen (secondary N) is 2. The number of hydrogen-bond donors (Lipinski definition) is 2. The van der Waals surface area contributed by atoms with Gasteiger partial charge in [0.1, 0.15) is 11.8 Å². The van der Waals surface area contributed by atoms with Gasteiger partial charge in [-0.3, -0.25) is 14.4 Å². The summed E-state index contributed by atoms with van der Waals surface area (Å²) >= 11 is 5.89. The molecule has 1 aromatic heterocycles. The molecule has 2 N–H and O–H groups in total. The summed E-state index contributed by atoms with van der Waals surface area (Å²) in [6.07, 6.45) is 0.271. The summed E-state index contributed by atoms with van der Waals surface area (Å²) in [4.78, 5) is 39.4. The number of hydrogen-bond acceptors (Lipinski definition) is 5. The first-order valence-corrected chi connectivity index (χ1v) is 10.3. The van der Waals surface area contributed by atoms with Gasteiger partial charge in [-0.25, -0.2) is 0 Å². The second-order valence-electron chi connectivity index (χ2n) is 7.29. The van der Waals surface area contributed by atoms with Gasteiger partial charge in [0.05, 0.1) is 6.54 Å². The molecule has 166 valence electrons. The summed E-state index contributed by atoms with van der Waals surface area (Å²) in [6, 6.07) is 16.4. The normalized spacial score (nSPS) is 11.5. The molecule has 0 fully saturated rings. The molecule has 3 amide bonds. The number of aromatic nitrogens is 1. The second kappa shape index (κ2) is 10.6. The Morgan fingerprint density at radius 1 is 1.09 bits per heavy atom. The summed E-state index contributed by atoms with van der Waals surface area (Å²) < 4.78 is 4.91. The van der Waals surface area contributed by atoms with Crippen molar-refractivity contribution in [3.63, 3.8) is 0 Å². The third-order valence-corrected chi connectivity index (χ3v) is 4.90. The molecular formula is C23H23ClN4O4. The lowest BCUT2D eigenvalue weighted by Crippen LogP contribution is -2.50. The molecule has 0 bridgehead atoms. The molecule has 3 aromatic rings. The number of amides is 3. The van der Waals surface area contributed by atoms with E-state index in [1.165, 1.54) is 11.9 Å². The monoisotopic (exact) mass is 454 g/mol. The highest BCUT2D eigenvalue weighted by molar-refractivity contribution is 6.30. The molecule has 32 heavy (non-hydrogen) atoms. The molecule has 1 unspecified atom stereocenters.